The van der Waals surface area contributed by atoms with Crippen LogP contribution in [0.3, 0.4) is 0 Å². The average Bonchev–Trinajstić information content (AvgIpc) is 3.25. The number of hydrogen-bond acceptors (Lipinski definition) is 8. The van der Waals surface area contributed by atoms with Gasteiger partial charge in [-0.2, -0.15) is 0 Å². The second-order valence-corrected chi connectivity index (χ2v) is 12.6. The van der Waals surface area contributed by atoms with Crippen LogP contribution < -0.4 is 10.8 Å². The van der Waals surface area contributed by atoms with Crippen LogP contribution >= 0.6 is 0 Å². The zero-order chi connectivity index (χ0) is 29.5. The molecule has 41 heavy (non-hydrogen) atoms. The van der Waals surface area contributed by atoms with Gasteiger partial charge in [-0.05, 0) is 85.2 Å². The van der Waals surface area contributed by atoms with Gasteiger partial charge in [0.2, 0.25) is 5.91 Å². The number of aliphatic hydroxyl groups is 2. The number of nitro benzene ring substituents is 1. The second kappa shape index (κ2) is 11.2. The highest BCUT2D eigenvalue weighted by Gasteiger charge is 2.58. The van der Waals surface area contributed by atoms with Crippen molar-refractivity contribution in [3.63, 3.8) is 0 Å². The number of nitrogens with zero attached hydrogens (tertiary/aromatic N) is 1. The first-order valence-electron chi connectivity index (χ1n) is 14.4. The van der Waals surface area contributed by atoms with Gasteiger partial charge in [0.15, 0.2) is 12.6 Å². The Kier molecular flexibility index (Phi) is 7.97. The number of aliphatic hydroxyl groups excluding tert-OH is 2. The Morgan fingerprint density at radius 3 is 2.71 bits per heavy atom. The smallest absolute Gasteiger partial charge is 0.329 e. The number of allylic oxidation sites excluding steroid dienone is 3. The van der Waals surface area contributed by atoms with Gasteiger partial charge in [0.25, 0.3) is 5.69 Å². The maximum absolute atomic E-state index is 12.5. The molecule has 0 bridgehead atoms. The summed E-state index contributed by atoms with van der Waals surface area (Å²) in [7, 11) is 0. The molecule has 0 heterocycles. The molecular formula is C30H39N3O8. The average molecular weight is 570 g/mol. The molecule has 3 fully saturated rings. The topological polar surface area (TPSA) is 171 Å². The molecule has 1 amide bonds. The van der Waals surface area contributed by atoms with Crippen molar-refractivity contribution in [2.24, 2.45) is 28.6 Å². The molecule has 0 spiro atoms. The predicted octanol–water partition coefficient (Wildman–Crippen LogP) is 3.54. The van der Waals surface area contributed by atoms with Crippen molar-refractivity contribution in [2.75, 3.05) is 6.61 Å². The number of nitrogens with one attached hydrogen (secondary N) is 2. The van der Waals surface area contributed by atoms with Crippen LogP contribution in [0.25, 0.3) is 0 Å². The second-order valence-electron chi connectivity index (χ2n) is 12.6. The summed E-state index contributed by atoms with van der Waals surface area (Å²) in [6.07, 6.45) is 9.41. The third kappa shape index (κ3) is 5.38. The maximum Gasteiger partial charge on any atom is 0.329 e. The quantitative estimate of drug-likeness (QED) is 0.220. The Labute approximate surface area is 238 Å². The molecule has 5 rings (SSSR count). The molecule has 222 valence electrons. The van der Waals surface area contributed by atoms with E-state index in [9.17, 15) is 35.0 Å². The van der Waals surface area contributed by atoms with E-state index in [0.29, 0.717) is 17.8 Å². The highest BCUT2D eigenvalue weighted by Crippen LogP contribution is 2.65. The Morgan fingerprint density at radius 1 is 1.20 bits per heavy atom. The van der Waals surface area contributed by atoms with Crippen molar-refractivity contribution in [1.82, 2.24) is 10.8 Å². The van der Waals surface area contributed by atoms with Gasteiger partial charge in [-0.15, -0.1) is 0 Å². The Hall–Kier alpha value is -3.28. The molecule has 0 aliphatic heterocycles. The minimum Gasteiger partial charge on any atom is -0.480 e. The summed E-state index contributed by atoms with van der Waals surface area (Å²) in [4.78, 5) is 40.0. The summed E-state index contributed by atoms with van der Waals surface area (Å²) in [5, 5.41) is 44.0. The maximum atomic E-state index is 12.5. The number of carboxylic acid groups (broad SMARTS) is 1. The van der Waals surface area contributed by atoms with Gasteiger partial charge >= 0.3 is 5.97 Å². The summed E-state index contributed by atoms with van der Waals surface area (Å²) < 4.78 is 0. The number of rotatable bonds is 9. The fourth-order valence-corrected chi connectivity index (χ4v) is 8.15. The van der Waals surface area contributed by atoms with Crippen LogP contribution in [0.15, 0.2) is 47.7 Å². The molecule has 1 aromatic carbocycles. The number of carbonyl (C=O) groups excluding carboxylic acids is 1. The van der Waals surface area contributed by atoms with Gasteiger partial charge in [0, 0.05) is 12.1 Å². The highest BCUT2D eigenvalue weighted by molar-refractivity contribution is 5.84. The van der Waals surface area contributed by atoms with Crippen molar-refractivity contribution in [1.29, 1.82) is 0 Å². The SMILES string of the molecule is C[C@@]12CC[C@@H]3[C@@H](CCC4=CC(NOCC(=O)N[C@H](C(=O)O)[C@@H](O)c5cccc([N+](=O)[O-])c5)=CC[C@@]43C)[C@@H]1CC[C@H]2O. The number of hydrogen-bond donors (Lipinski definition) is 5. The van der Waals surface area contributed by atoms with E-state index in [4.69, 9.17) is 4.84 Å². The van der Waals surface area contributed by atoms with Crippen LogP contribution in [0, 0.1) is 38.7 Å². The number of carboxylic acids is 1. The molecule has 3 saturated carbocycles. The number of aliphatic carboxylic acids is 1. The van der Waals surface area contributed by atoms with E-state index in [2.05, 4.69) is 36.8 Å². The first-order valence-corrected chi connectivity index (χ1v) is 14.4. The summed E-state index contributed by atoms with van der Waals surface area (Å²) in [5.74, 6) is -0.496. The summed E-state index contributed by atoms with van der Waals surface area (Å²) in [5.41, 5.74) is 4.71. The minimum atomic E-state index is -1.72. The number of fused-ring (bicyclic) bond motifs is 5. The molecule has 4 aliphatic carbocycles. The Bertz CT molecular complexity index is 1280. The number of carbonyl (C=O) groups is 2. The lowest BCUT2D eigenvalue weighted by molar-refractivity contribution is -0.385. The van der Waals surface area contributed by atoms with Crippen molar-refractivity contribution in [3.8, 4) is 0 Å². The number of amides is 1. The largest absolute Gasteiger partial charge is 0.480 e. The molecule has 0 saturated heterocycles. The van der Waals surface area contributed by atoms with E-state index in [1.807, 2.05) is 0 Å². The fraction of sp³-hybridized carbons (Fsp3) is 0.600. The van der Waals surface area contributed by atoms with E-state index in [1.165, 1.54) is 23.8 Å². The fourth-order valence-electron chi connectivity index (χ4n) is 8.15. The number of hydroxylamine groups is 1. The third-order valence-electron chi connectivity index (χ3n) is 10.5. The first kappa shape index (κ1) is 29.2. The van der Waals surface area contributed by atoms with Crippen LogP contribution in [0.1, 0.15) is 70.5 Å². The molecule has 11 nitrogen and oxygen atoms in total. The first-order chi connectivity index (χ1) is 19.4. The van der Waals surface area contributed by atoms with Gasteiger partial charge in [-0.3, -0.25) is 25.2 Å². The molecule has 8 atom stereocenters. The summed E-state index contributed by atoms with van der Waals surface area (Å²) >= 11 is 0. The molecule has 1 aromatic rings. The van der Waals surface area contributed by atoms with E-state index in [0.717, 1.165) is 56.7 Å². The van der Waals surface area contributed by atoms with Crippen LogP contribution in [0.2, 0.25) is 0 Å². The number of non-ortho nitro benzene ring substituents is 1. The molecule has 5 N–H and O–H groups in total. The summed E-state index contributed by atoms with van der Waals surface area (Å²) in [6, 6.07) is 3.25. The minimum absolute atomic E-state index is 0.00518. The van der Waals surface area contributed by atoms with E-state index >= 15 is 0 Å². The molecule has 0 aromatic heterocycles. The lowest BCUT2D eigenvalue weighted by Gasteiger charge is -2.57. The van der Waals surface area contributed by atoms with Crippen LogP contribution in [-0.4, -0.2) is 50.9 Å². The van der Waals surface area contributed by atoms with Gasteiger partial charge in [-0.25, -0.2) is 4.79 Å². The molecular weight excluding hydrogens is 530 g/mol. The van der Waals surface area contributed by atoms with Crippen molar-refractivity contribution in [2.45, 2.75) is 77.0 Å². The van der Waals surface area contributed by atoms with Crippen molar-refractivity contribution >= 4 is 17.6 Å². The Balaban J connectivity index is 1.16. The van der Waals surface area contributed by atoms with Gasteiger partial charge in [0.05, 0.1) is 16.7 Å². The van der Waals surface area contributed by atoms with Crippen LogP contribution in [0.5, 0.6) is 0 Å². The normalized spacial score (nSPS) is 33.7. The lowest BCUT2D eigenvalue weighted by atomic mass is 9.48. The molecule has 11 heteroatoms. The van der Waals surface area contributed by atoms with Gasteiger partial charge in [0.1, 0.15) is 6.10 Å². The Morgan fingerprint density at radius 2 is 1.98 bits per heavy atom. The van der Waals surface area contributed by atoms with Crippen LogP contribution in [0.4, 0.5) is 5.69 Å². The van der Waals surface area contributed by atoms with Gasteiger partial charge < -0.3 is 20.6 Å². The van der Waals surface area contributed by atoms with Gasteiger partial charge in [-0.1, -0.05) is 37.6 Å². The van der Waals surface area contributed by atoms with E-state index in [1.54, 1.807) is 0 Å². The van der Waals surface area contributed by atoms with Crippen molar-refractivity contribution in [3.05, 3.63) is 63.4 Å². The third-order valence-corrected chi connectivity index (χ3v) is 10.5. The summed E-state index contributed by atoms with van der Waals surface area (Å²) in [6.45, 7) is 4.13. The predicted molar refractivity (Wildman–Crippen MR) is 148 cm³/mol. The molecule has 0 unspecified atom stereocenters. The monoisotopic (exact) mass is 569 g/mol. The standard InChI is InChI=1S/C30H39N3O8/c1-29-12-10-19(15-18(29)6-7-21-22-8-9-24(34)30(22,2)13-11-23(21)29)32-41-16-25(35)31-26(28(37)38)27(36)17-4-3-5-20(14-17)33(39)40/h3-5,10,14-15,21-24,26-27,32,34,36H,6-9,11-13,16H2,1-2H3,(H,31,35)(H,37,38)/t21-,22-,23+,24+,26-,27-,29-,30+/m0/s1. The molecule has 4 aliphatic rings. The van der Waals surface area contributed by atoms with Crippen LogP contribution in [-0.2, 0) is 14.4 Å². The number of nitro groups is 1. The number of benzene rings is 1. The zero-order valence-corrected chi connectivity index (χ0v) is 23.4. The van der Waals surface area contributed by atoms with E-state index < -0.39 is 35.6 Å². The van der Waals surface area contributed by atoms with Crippen molar-refractivity contribution < 1.29 is 34.7 Å². The molecule has 0 radical (unpaired) electrons. The highest BCUT2D eigenvalue weighted by atomic mass is 16.6. The van der Waals surface area contributed by atoms with E-state index in [-0.39, 0.29) is 28.2 Å². The zero-order valence-electron chi connectivity index (χ0n) is 23.4. The lowest BCUT2D eigenvalue weighted by Crippen LogP contribution is -2.50.